The van der Waals surface area contributed by atoms with Crippen LogP contribution in [-0.4, -0.2) is 38.6 Å². The number of aromatic nitrogens is 3. The molecule has 2 aromatic heterocycles. The number of hydrogen-bond acceptors (Lipinski definition) is 4. The number of benzene rings is 1. The second-order valence-electron chi connectivity index (χ2n) is 6.80. The molecule has 1 saturated heterocycles. The summed E-state index contributed by atoms with van der Waals surface area (Å²) >= 11 is 0. The minimum Gasteiger partial charge on any atom is -0.490 e. The van der Waals surface area contributed by atoms with Gasteiger partial charge in [0.05, 0.1) is 16.9 Å². The maximum absolute atomic E-state index is 6.34. The lowest BCUT2D eigenvalue weighted by atomic mass is 10.1. The quantitative estimate of drug-likeness (QED) is 0.733. The number of likely N-dealkylation sites (tertiary alicyclic amines) is 1. The van der Waals surface area contributed by atoms with E-state index in [0.29, 0.717) is 0 Å². The third-order valence-electron chi connectivity index (χ3n) is 5.07. The van der Waals surface area contributed by atoms with Crippen LogP contribution in [0.1, 0.15) is 24.2 Å². The van der Waals surface area contributed by atoms with Crippen LogP contribution in [0.2, 0.25) is 0 Å². The van der Waals surface area contributed by atoms with Gasteiger partial charge in [0.15, 0.2) is 0 Å². The molecule has 3 aromatic rings. The second-order valence-corrected chi connectivity index (χ2v) is 6.80. The smallest absolute Gasteiger partial charge is 0.129 e. The Morgan fingerprint density at radius 1 is 1.12 bits per heavy atom. The lowest BCUT2D eigenvalue weighted by molar-refractivity contribution is 0.0971. The van der Waals surface area contributed by atoms with Gasteiger partial charge in [0.1, 0.15) is 11.9 Å². The van der Waals surface area contributed by atoms with E-state index < -0.39 is 0 Å². The Balaban J connectivity index is 1.38. The molecular weight excluding hydrogens is 312 g/mol. The Hall–Kier alpha value is -2.40. The average Bonchev–Trinajstić information content (AvgIpc) is 3.01. The topological polar surface area (TPSA) is 43.2 Å². The third kappa shape index (κ3) is 3.37. The fourth-order valence-electron chi connectivity index (χ4n) is 3.55. The van der Waals surface area contributed by atoms with Crippen LogP contribution < -0.4 is 4.74 Å². The molecule has 1 aliphatic heterocycles. The molecule has 130 valence electrons. The van der Waals surface area contributed by atoms with E-state index in [1.54, 1.807) is 12.4 Å². The molecule has 1 aliphatic rings. The van der Waals surface area contributed by atoms with Crippen LogP contribution in [-0.2, 0) is 13.6 Å². The van der Waals surface area contributed by atoms with E-state index in [-0.39, 0.29) is 6.10 Å². The van der Waals surface area contributed by atoms with Gasteiger partial charge in [-0.15, -0.1) is 0 Å². The molecule has 0 N–H and O–H groups in total. The van der Waals surface area contributed by atoms with Gasteiger partial charge in [-0.05, 0) is 38.0 Å². The molecule has 0 amide bonds. The predicted molar refractivity (Wildman–Crippen MR) is 98.6 cm³/mol. The summed E-state index contributed by atoms with van der Waals surface area (Å²) in [6.07, 6.45) is 7.99. The zero-order valence-electron chi connectivity index (χ0n) is 14.9. The molecule has 5 nitrogen and oxygen atoms in total. The Bertz CT molecular complexity index is 865. The normalized spacial score (nSPS) is 16.4. The van der Waals surface area contributed by atoms with E-state index >= 15 is 0 Å². The molecule has 0 radical (unpaired) electrons. The molecule has 0 saturated carbocycles. The molecule has 0 spiro atoms. The van der Waals surface area contributed by atoms with Crippen molar-refractivity contribution in [3.8, 4) is 5.75 Å². The number of piperidine rings is 1. The Kier molecular flexibility index (Phi) is 4.40. The van der Waals surface area contributed by atoms with Crippen molar-refractivity contribution >= 4 is 10.9 Å². The first-order valence-corrected chi connectivity index (χ1v) is 8.90. The Labute approximate surface area is 148 Å². The van der Waals surface area contributed by atoms with E-state index in [2.05, 4.69) is 56.9 Å². The van der Waals surface area contributed by atoms with Crippen molar-refractivity contribution in [3.05, 3.63) is 54.2 Å². The molecule has 0 atom stereocenters. The highest BCUT2D eigenvalue weighted by atomic mass is 16.5. The summed E-state index contributed by atoms with van der Waals surface area (Å²) in [5.74, 6) is 1.00. The first-order valence-electron chi connectivity index (χ1n) is 8.90. The summed E-state index contributed by atoms with van der Waals surface area (Å²) in [6.45, 7) is 4.97. The van der Waals surface area contributed by atoms with Gasteiger partial charge in [-0.25, -0.2) is 0 Å². The van der Waals surface area contributed by atoms with Crippen molar-refractivity contribution in [1.29, 1.82) is 0 Å². The van der Waals surface area contributed by atoms with Crippen LogP contribution in [0.4, 0.5) is 0 Å². The van der Waals surface area contributed by atoms with Crippen LogP contribution in [0.5, 0.6) is 5.75 Å². The van der Waals surface area contributed by atoms with E-state index in [9.17, 15) is 0 Å². The SMILES string of the molecule is Cc1nccnc1CN1CCC(Oc2cccc3c2ccn3C)CC1. The lowest BCUT2D eigenvalue weighted by Crippen LogP contribution is -2.38. The monoisotopic (exact) mass is 336 g/mol. The molecular formula is C20H24N4O. The van der Waals surface area contributed by atoms with Crippen molar-refractivity contribution < 1.29 is 4.74 Å². The number of ether oxygens (including phenoxy) is 1. The summed E-state index contributed by atoms with van der Waals surface area (Å²) in [5, 5.41) is 1.20. The molecule has 3 heterocycles. The van der Waals surface area contributed by atoms with E-state index in [4.69, 9.17) is 4.74 Å². The third-order valence-corrected chi connectivity index (χ3v) is 5.07. The summed E-state index contributed by atoms with van der Waals surface area (Å²) in [7, 11) is 2.07. The van der Waals surface area contributed by atoms with E-state index in [1.807, 2.05) is 6.92 Å². The lowest BCUT2D eigenvalue weighted by Gasteiger charge is -2.32. The first-order chi connectivity index (χ1) is 12.2. The molecule has 5 heteroatoms. The van der Waals surface area contributed by atoms with Gasteiger partial charge < -0.3 is 9.30 Å². The highest BCUT2D eigenvalue weighted by molar-refractivity contribution is 5.86. The van der Waals surface area contributed by atoms with Crippen LogP contribution in [0.3, 0.4) is 0 Å². The van der Waals surface area contributed by atoms with Crippen LogP contribution >= 0.6 is 0 Å². The van der Waals surface area contributed by atoms with E-state index in [1.165, 1.54) is 10.9 Å². The Morgan fingerprint density at radius 2 is 1.92 bits per heavy atom. The van der Waals surface area contributed by atoms with Crippen molar-refractivity contribution in [3.63, 3.8) is 0 Å². The zero-order chi connectivity index (χ0) is 17.2. The standard InChI is InChI=1S/C20H24N4O/c1-15-18(22-10-9-21-15)14-24-12-6-16(7-13-24)25-20-5-3-4-19-17(20)8-11-23(19)2/h3-5,8-11,16H,6-7,12-14H2,1-2H3. The minimum atomic E-state index is 0.282. The fraction of sp³-hybridized carbons (Fsp3) is 0.400. The van der Waals surface area contributed by atoms with Crippen molar-refractivity contribution in [2.24, 2.45) is 7.05 Å². The van der Waals surface area contributed by atoms with E-state index in [0.717, 1.165) is 49.6 Å². The van der Waals surface area contributed by atoms with Gasteiger partial charge in [0.2, 0.25) is 0 Å². The predicted octanol–water partition coefficient (Wildman–Crippen LogP) is 3.32. The van der Waals surface area contributed by atoms with Gasteiger partial charge >= 0.3 is 0 Å². The minimum absolute atomic E-state index is 0.282. The van der Waals surface area contributed by atoms with Crippen molar-refractivity contribution in [2.45, 2.75) is 32.4 Å². The zero-order valence-corrected chi connectivity index (χ0v) is 14.9. The highest BCUT2D eigenvalue weighted by Crippen LogP contribution is 2.28. The maximum Gasteiger partial charge on any atom is 0.129 e. The molecule has 0 bridgehead atoms. The largest absolute Gasteiger partial charge is 0.490 e. The van der Waals surface area contributed by atoms with Crippen LogP contribution in [0.15, 0.2) is 42.9 Å². The molecule has 1 fully saturated rings. The summed E-state index contributed by atoms with van der Waals surface area (Å²) in [4.78, 5) is 11.2. The number of nitrogens with zero attached hydrogens (tertiary/aromatic N) is 4. The molecule has 1 aromatic carbocycles. The molecule has 25 heavy (non-hydrogen) atoms. The number of rotatable bonds is 4. The number of hydrogen-bond donors (Lipinski definition) is 0. The number of fused-ring (bicyclic) bond motifs is 1. The molecule has 0 aliphatic carbocycles. The number of aryl methyl sites for hydroxylation is 2. The first kappa shape index (κ1) is 16.1. The van der Waals surface area contributed by atoms with Crippen LogP contribution in [0.25, 0.3) is 10.9 Å². The summed E-state index contributed by atoms with van der Waals surface area (Å²) in [6, 6.07) is 8.42. The summed E-state index contributed by atoms with van der Waals surface area (Å²) < 4.78 is 8.47. The van der Waals surface area contributed by atoms with Gasteiger partial charge in [-0.1, -0.05) is 6.07 Å². The second kappa shape index (κ2) is 6.84. The fourth-order valence-corrected chi connectivity index (χ4v) is 3.55. The summed E-state index contributed by atoms with van der Waals surface area (Å²) in [5.41, 5.74) is 3.32. The van der Waals surface area contributed by atoms with Gasteiger partial charge in [0, 0.05) is 50.7 Å². The van der Waals surface area contributed by atoms with Gasteiger partial charge in [-0.3, -0.25) is 14.9 Å². The maximum atomic E-state index is 6.34. The van der Waals surface area contributed by atoms with Gasteiger partial charge in [-0.2, -0.15) is 0 Å². The van der Waals surface area contributed by atoms with Crippen molar-refractivity contribution in [2.75, 3.05) is 13.1 Å². The van der Waals surface area contributed by atoms with Crippen LogP contribution in [0, 0.1) is 6.92 Å². The highest BCUT2D eigenvalue weighted by Gasteiger charge is 2.22. The van der Waals surface area contributed by atoms with Crippen molar-refractivity contribution in [1.82, 2.24) is 19.4 Å². The Morgan fingerprint density at radius 3 is 2.72 bits per heavy atom. The molecule has 0 unspecified atom stereocenters. The molecule has 4 rings (SSSR count). The average molecular weight is 336 g/mol. The van der Waals surface area contributed by atoms with Gasteiger partial charge in [0.25, 0.3) is 0 Å².